The average molecular weight is 422 g/mol. The standard InChI is InChI=1S/C23H23N3O3S/c1-28-21-9-7-19(25-26-21)14-6-8-20-16(10-14)11-17(29-20)12-24-23(27)22-18-5-3-2-4-15(18)13-30-22/h6-10,13,17H,2-5,11-12H2,1H3,(H,24,27)/t17-/m0/s1. The Morgan fingerprint density at radius 1 is 1.20 bits per heavy atom. The largest absolute Gasteiger partial charge is 0.488 e. The van der Waals surface area contributed by atoms with E-state index in [1.54, 1.807) is 24.5 Å². The molecular formula is C23H23N3O3S. The van der Waals surface area contributed by atoms with Crippen molar-refractivity contribution in [3.05, 3.63) is 57.3 Å². The minimum absolute atomic E-state index is 0.0249. The van der Waals surface area contributed by atoms with Crippen LogP contribution in [0.15, 0.2) is 35.7 Å². The van der Waals surface area contributed by atoms with Crippen molar-refractivity contribution >= 4 is 17.2 Å². The number of carbonyl (C=O) groups is 1. The van der Waals surface area contributed by atoms with Crippen LogP contribution in [-0.4, -0.2) is 35.9 Å². The number of benzene rings is 1. The maximum atomic E-state index is 12.7. The maximum Gasteiger partial charge on any atom is 0.261 e. The second-order valence-corrected chi connectivity index (χ2v) is 8.59. The van der Waals surface area contributed by atoms with Gasteiger partial charge in [-0.05, 0) is 72.0 Å². The molecule has 6 nitrogen and oxygen atoms in total. The summed E-state index contributed by atoms with van der Waals surface area (Å²) in [5.41, 5.74) is 5.51. The summed E-state index contributed by atoms with van der Waals surface area (Å²) in [7, 11) is 1.57. The van der Waals surface area contributed by atoms with Gasteiger partial charge < -0.3 is 14.8 Å². The van der Waals surface area contributed by atoms with E-state index in [0.717, 1.165) is 46.7 Å². The molecule has 0 saturated carbocycles. The Morgan fingerprint density at radius 3 is 2.93 bits per heavy atom. The van der Waals surface area contributed by atoms with E-state index >= 15 is 0 Å². The van der Waals surface area contributed by atoms with Crippen LogP contribution in [0.5, 0.6) is 11.6 Å². The van der Waals surface area contributed by atoms with Gasteiger partial charge in [-0.1, -0.05) is 0 Å². The number of methoxy groups -OCH3 is 1. The fourth-order valence-corrected chi connectivity index (χ4v) is 5.25. The van der Waals surface area contributed by atoms with Crippen molar-refractivity contribution < 1.29 is 14.3 Å². The van der Waals surface area contributed by atoms with Crippen molar-refractivity contribution in [3.63, 3.8) is 0 Å². The summed E-state index contributed by atoms with van der Waals surface area (Å²) < 4.78 is 11.1. The van der Waals surface area contributed by atoms with Crippen LogP contribution < -0.4 is 14.8 Å². The molecule has 0 saturated heterocycles. The lowest BCUT2D eigenvalue weighted by molar-refractivity contribution is 0.0936. The summed E-state index contributed by atoms with van der Waals surface area (Å²) in [6, 6.07) is 9.72. The van der Waals surface area contributed by atoms with E-state index in [4.69, 9.17) is 9.47 Å². The van der Waals surface area contributed by atoms with Gasteiger partial charge in [0.05, 0.1) is 24.2 Å². The molecule has 7 heteroatoms. The Morgan fingerprint density at radius 2 is 2.10 bits per heavy atom. The van der Waals surface area contributed by atoms with Gasteiger partial charge in [0.1, 0.15) is 11.9 Å². The van der Waals surface area contributed by atoms with Crippen LogP contribution in [0, 0.1) is 0 Å². The van der Waals surface area contributed by atoms with Crippen LogP contribution in [-0.2, 0) is 19.3 Å². The molecule has 0 radical (unpaired) electrons. The average Bonchev–Trinajstić information content (AvgIpc) is 3.41. The topological polar surface area (TPSA) is 73.3 Å². The Kier molecular flexibility index (Phi) is 5.12. The fraction of sp³-hybridized carbons (Fsp3) is 0.348. The highest BCUT2D eigenvalue weighted by atomic mass is 32.1. The number of thiophene rings is 1. The van der Waals surface area contributed by atoms with E-state index in [9.17, 15) is 4.79 Å². The molecule has 1 aliphatic carbocycles. The van der Waals surface area contributed by atoms with E-state index in [2.05, 4.69) is 27.0 Å². The highest BCUT2D eigenvalue weighted by molar-refractivity contribution is 7.12. The first kappa shape index (κ1) is 19.1. The number of rotatable bonds is 5. The first-order valence-corrected chi connectivity index (χ1v) is 11.1. The van der Waals surface area contributed by atoms with E-state index in [1.165, 1.54) is 24.0 Å². The molecule has 1 amide bonds. The summed E-state index contributed by atoms with van der Waals surface area (Å²) in [6.45, 7) is 0.498. The number of hydrogen-bond acceptors (Lipinski definition) is 6. The highest BCUT2D eigenvalue weighted by Crippen LogP contribution is 2.33. The first-order valence-electron chi connectivity index (χ1n) is 10.3. The molecule has 3 heterocycles. The van der Waals surface area contributed by atoms with Crippen LogP contribution >= 0.6 is 11.3 Å². The Labute approximate surface area is 179 Å². The Bertz CT molecular complexity index is 1080. The molecule has 154 valence electrons. The zero-order valence-electron chi connectivity index (χ0n) is 16.8. The molecule has 0 unspecified atom stereocenters. The molecule has 1 N–H and O–H groups in total. The van der Waals surface area contributed by atoms with Gasteiger partial charge in [0.25, 0.3) is 5.91 Å². The molecule has 0 fully saturated rings. The summed E-state index contributed by atoms with van der Waals surface area (Å²) >= 11 is 1.57. The molecule has 0 bridgehead atoms. The number of nitrogens with zero attached hydrogens (tertiary/aromatic N) is 2. The molecule has 1 aromatic carbocycles. The number of aromatic nitrogens is 2. The number of hydrogen-bond donors (Lipinski definition) is 1. The molecular weight excluding hydrogens is 398 g/mol. The van der Waals surface area contributed by atoms with E-state index in [0.29, 0.717) is 12.4 Å². The third-order valence-electron chi connectivity index (χ3n) is 5.75. The summed E-state index contributed by atoms with van der Waals surface area (Å²) in [5, 5.41) is 13.5. The van der Waals surface area contributed by atoms with Crippen molar-refractivity contribution in [2.75, 3.05) is 13.7 Å². The van der Waals surface area contributed by atoms with E-state index in [-0.39, 0.29) is 12.0 Å². The molecule has 0 spiro atoms. The van der Waals surface area contributed by atoms with Gasteiger partial charge in [-0.3, -0.25) is 4.79 Å². The molecule has 2 aliphatic rings. The number of aryl methyl sites for hydroxylation is 1. The number of nitrogens with one attached hydrogen (secondary N) is 1. The maximum absolute atomic E-state index is 12.7. The van der Waals surface area contributed by atoms with Crippen LogP contribution in [0.1, 0.15) is 39.2 Å². The first-order chi connectivity index (χ1) is 14.7. The van der Waals surface area contributed by atoms with Crippen LogP contribution in [0.2, 0.25) is 0 Å². The molecule has 30 heavy (non-hydrogen) atoms. The van der Waals surface area contributed by atoms with Gasteiger partial charge in [0, 0.05) is 18.1 Å². The number of carbonyl (C=O) groups excluding carboxylic acids is 1. The van der Waals surface area contributed by atoms with Crippen molar-refractivity contribution in [2.45, 2.75) is 38.2 Å². The van der Waals surface area contributed by atoms with Gasteiger partial charge >= 0.3 is 0 Å². The van der Waals surface area contributed by atoms with Gasteiger partial charge in [0.2, 0.25) is 5.88 Å². The predicted molar refractivity (Wildman–Crippen MR) is 115 cm³/mol. The van der Waals surface area contributed by atoms with Crippen molar-refractivity contribution in [2.24, 2.45) is 0 Å². The van der Waals surface area contributed by atoms with Crippen LogP contribution in [0.3, 0.4) is 0 Å². The van der Waals surface area contributed by atoms with Gasteiger partial charge in [-0.25, -0.2) is 0 Å². The number of fused-ring (bicyclic) bond motifs is 2. The fourth-order valence-electron chi connectivity index (χ4n) is 4.17. The summed E-state index contributed by atoms with van der Waals surface area (Å²) in [4.78, 5) is 13.6. The second kappa shape index (κ2) is 8.07. The van der Waals surface area contributed by atoms with Gasteiger partial charge in [0.15, 0.2) is 0 Å². The zero-order valence-corrected chi connectivity index (χ0v) is 17.6. The lowest BCUT2D eigenvalue weighted by Crippen LogP contribution is -2.34. The predicted octanol–water partition coefficient (Wildman–Crippen LogP) is 3.83. The monoisotopic (exact) mass is 421 g/mol. The molecule has 1 aliphatic heterocycles. The normalized spacial score (nSPS) is 17.0. The van der Waals surface area contributed by atoms with Gasteiger partial charge in [-0.2, -0.15) is 0 Å². The second-order valence-electron chi connectivity index (χ2n) is 7.71. The quantitative estimate of drug-likeness (QED) is 0.678. The Hall–Kier alpha value is -2.93. The summed E-state index contributed by atoms with van der Waals surface area (Å²) in [6.07, 6.45) is 5.22. The molecule has 5 rings (SSSR count). The van der Waals surface area contributed by atoms with Gasteiger partial charge in [-0.15, -0.1) is 21.5 Å². The highest BCUT2D eigenvalue weighted by Gasteiger charge is 2.25. The minimum Gasteiger partial charge on any atom is -0.488 e. The van der Waals surface area contributed by atoms with Crippen molar-refractivity contribution in [1.82, 2.24) is 15.5 Å². The summed E-state index contributed by atoms with van der Waals surface area (Å²) in [5.74, 6) is 1.39. The van der Waals surface area contributed by atoms with Crippen LogP contribution in [0.4, 0.5) is 0 Å². The molecule has 1 atom stereocenters. The van der Waals surface area contributed by atoms with E-state index < -0.39 is 0 Å². The molecule has 2 aromatic heterocycles. The minimum atomic E-state index is -0.0584. The third-order valence-corrected chi connectivity index (χ3v) is 6.82. The lowest BCUT2D eigenvalue weighted by atomic mass is 9.94. The smallest absolute Gasteiger partial charge is 0.261 e. The third kappa shape index (κ3) is 3.65. The number of amides is 1. The lowest BCUT2D eigenvalue weighted by Gasteiger charge is -2.14. The van der Waals surface area contributed by atoms with E-state index in [1.807, 2.05) is 18.2 Å². The van der Waals surface area contributed by atoms with Crippen LogP contribution in [0.25, 0.3) is 11.3 Å². The molecule has 3 aromatic rings. The SMILES string of the molecule is COc1ccc(-c2ccc3c(c2)C[C@@H](CNC(=O)c2scc4c2CCCC4)O3)nn1. The number of ether oxygens (including phenoxy) is 2. The zero-order chi connectivity index (χ0) is 20.5. The Balaban J connectivity index is 1.23. The van der Waals surface area contributed by atoms with Crippen molar-refractivity contribution in [3.8, 4) is 22.9 Å². The van der Waals surface area contributed by atoms with Crippen molar-refractivity contribution in [1.29, 1.82) is 0 Å².